The number of para-hydroxylation sites is 2. The fraction of sp³-hybridized carbons (Fsp3) is 0.364. The largest absolute Gasteiger partial charge is 0.492 e. The number of sulfonamides is 1. The Kier molecular flexibility index (Phi) is 9.09. The van der Waals surface area contributed by atoms with Crippen molar-refractivity contribution in [3.05, 3.63) is 58.6 Å². The number of ether oxygens (including phenoxy) is 1. The first kappa shape index (κ1) is 25.7. The molecule has 0 unspecified atom stereocenters. The van der Waals surface area contributed by atoms with Crippen LogP contribution in [-0.4, -0.2) is 57.6 Å². The zero-order valence-corrected chi connectivity index (χ0v) is 20.9. The topological polar surface area (TPSA) is 96.0 Å². The van der Waals surface area contributed by atoms with E-state index in [0.717, 1.165) is 20.6 Å². The summed E-state index contributed by atoms with van der Waals surface area (Å²) < 4.78 is 32.7. The SMILES string of the molecule is CCOc1ccccc1N(CC(=O)N(Cc1ccc(Br)cc1)[C@@H](C)C(=O)NC)S(C)(=O)=O. The quantitative estimate of drug-likeness (QED) is 0.514. The predicted molar refractivity (Wildman–Crippen MR) is 128 cm³/mol. The molecule has 0 heterocycles. The van der Waals surface area contributed by atoms with Crippen LogP contribution in [0.1, 0.15) is 19.4 Å². The fourth-order valence-electron chi connectivity index (χ4n) is 3.11. The minimum atomic E-state index is -3.82. The summed E-state index contributed by atoms with van der Waals surface area (Å²) in [7, 11) is -2.33. The zero-order chi connectivity index (χ0) is 23.9. The van der Waals surface area contributed by atoms with Gasteiger partial charge in [-0.3, -0.25) is 13.9 Å². The van der Waals surface area contributed by atoms with Gasteiger partial charge >= 0.3 is 0 Å². The van der Waals surface area contributed by atoms with Gasteiger partial charge in [-0.2, -0.15) is 0 Å². The van der Waals surface area contributed by atoms with Crippen LogP contribution in [0.3, 0.4) is 0 Å². The molecular formula is C22H28BrN3O5S. The van der Waals surface area contributed by atoms with Crippen molar-refractivity contribution < 1.29 is 22.7 Å². The van der Waals surface area contributed by atoms with E-state index in [9.17, 15) is 18.0 Å². The Morgan fingerprint density at radius 2 is 1.75 bits per heavy atom. The molecule has 174 valence electrons. The lowest BCUT2D eigenvalue weighted by molar-refractivity contribution is -0.139. The van der Waals surface area contributed by atoms with Gasteiger partial charge in [0.2, 0.25) is 21.8 Å². The molecule has 8 nitrogen and oxygen atoms in total. The summed E-state index contributed by atoms with van der Waals surface area (Å²) >= 11 is 3.37. The Bertz CT molecular complexity index is 1040. The van der Waals surface area contributed by atoms with Gasteiger partial charge in [0.1, 0.15) is 18.3 Å². The lowest BCUT2D eigenvalue weighted by Gasteiger charge is -2.31. The molecule has 2 aromatic carbocycles. The van der Waals surface area contributed by atoms with Crippen molar-refractivity contribution >= 4 is 43.5 Å². The number of anilines is 1. The normalized spacial score (nSPS) is 12.0. The van der Waals surface area contributed by atoms with E-state index in [1.807, 2.05) is 24.3 Å². The maximum absolute atomic E-state index is 13.4. The van der Waals surface area contributed by atoms with Gasteiger partial charge in [0.15, 0.2) is 0 Å². The van der Waals surface area contributed by atoms with Gasteiger partial charge in [0, 0.05) is 18.1 Å². The first-order valence-corrected chi connectivity index (χ1v) is 12.7. The lowest BCUT2D eigenvalue weighted by Crippen LogP contribution is -2.50. The monoisotopic (exact) mass is 525 g/mol. The van der Waals surface area contributed by atoms with E-state index >= 15 is 0 Å². The number of rotatable bonds is 10. The van der Waals surface area contributed by atoms with Crippen molar-refractivity contribution in [3.8, 4) is 5.75 Å². The van der Waals surface area contributed by atoms with Gasteiger partial charge in [-0.25, -0.2) is 8.42 Å². The molecule has 10 heteroatoms. The van der Waals surface area contributed by atoms with Gasteiger partial charge in [-0.1, -0.05) is 40.2 Å². The van der Waals surface area contributed by atoms with Crippen LogP contribution in [0.25, 0.3) is 0 Å². The molecular weight excluding hydrogens is 498 g/mol. The Morgan fingerprint density at radius 3 is 2.31 bits per heavy atom. The number of likely N-dealkylation sites (N-methyl/N-ethyl adjacent to an activating group) is 1. The number of carbonyl (C=O) groups is 2. The first-order valence-electron chi connectivity index (χ1n) is 10.0. The van der Waals surface area contributed by atoms with Crippen LogP contribution in [0.5, 0.6) is 5.75 Å². The molecule has 0 spiro atoms. The number of hydrogen-bond donors (Lipinski definition) is 1. The standard InChI is InChI=1S/C22H28BrN3O5S/c1-5-31-20-9-7-6-8-19(20)26(32(4,29)30)15-21(27)25(16(2)22(28)24-3)14-17-10-12-18(23)13-11-17/h6-13,16H,5,14-15H2,1-4H3,(H,24,28)/t16-/m0/s1. The number of hydrogen-bond acceptors (Lipinski definition) is 5. The van der Waals surface area contributed by atoms with Crippen LogP contribution < -0.4 is 14.4 Å². The van der Waals surface area contributed by atoms with Gasteiger partial charge in [-0.05, 0) is 43.7 Å². The van der Waals surface area contributed by atoms with Crippen LogP contribution in [0.15, 0.2) is 53.0 Å². The minimum absolute atomic E-state index is 0.144. The third-order valence-corrected chi connectivity index (χ3v) is 6.45. The molecule has 0 aliphatic heterocycles. The van der Waals surface area contributed by atoms with Crippen molar-refractivity contribution in [3.63, 3.8) is 0 Å². The summed E-state index contributed by atoms with van der Waals surface area (Å²) in [6, 6.07) is 13.2. The predicted octanol–water partition coefficient (Wildman–Crippen LogP) is 2.78. The van der Waals surface area contributed by atoms with E-state index in [-0.39, 0.29) is 18.1 Å². The number of nitrogens with zero attached hydrogens (tertiary/aromatic N) is 2. The molecule has 0 saturated heterocycles. The van der Waals surface area contributed by atoms with E-state index in [2.05, 4.69) is 21.2 Å². The molecule has 0 aliphatic carbocycles. The van der Waals surface area contributed by atoms with Gasteiger partial charge in [0.25, 0.3) is 0 Å². The average Bonchev–Trinajstić information content (AvgIpc) is 2.76. The summed E-state index contributed by atoms with van der Waals surface area (Å²) in [6.07, 6.45) is 1.03. The molecule has 2 amide bonds. The molecule has 1 N–H and O–H groups in total. The molecule has 0 aliphatic rings. The van der Waals surface area contributed by atoms with Gasteiger partial charge in [-0.15, -0.1) is 0 Å². The molecule has 0 saturated carbocycles. The van der Waals surface area contributed by atoms with Crippen LogP contribution in [0.2, 0.25) is 0 Å². The van der Waals surface area contributed by atoms with Gasteiger partial charge < -0.3 is 15.0 Å². The number of amides is 2. The summed E-state index contributed by atoms with van der Waals surface area (Å²) in [5.41, 5.74) is 1.07. The van der Waals surface area contributed by atoms with Crippen LogP contribution in [0.4, 0.5) is 5.69 Å². The smallest absolute Gasteiger partial charge is 0.244 e. The Labute approximate surface area is 197 Å². The number of carbonyl (C=O) groups excluding carboxylic acids is 2. The van der Waals surface area contributed by atoms with Crippen LogP contribution in [-0.2, 0) is 26.2 Å². The van der Waals surface area contributed by atoms with Crippen LogP contribution in [0, 0.1) is 0 Å². The van der Waals surface area contributed by atoms with E-state index in [1.54, 1.807) is 38.1 Å². The van der Waals surface area contributed by atoms with E-state index in [0.29, 0.717) is 12.4 Å². The maximum Gasteiger partial charge on any atom is 0.244 e. The van der Waals surface area contributed by atoms with Crippen LogP contribution >= 0.6 is 15.9 Å². The second kappa shape index (κ2) is 11.3. The molecule has 2 rings (SSSR count). The highest BCUT2D eigenvalue weighted by Gasteiger charge is 2.30. The molecule has 0 radical (unpaired) electrons. The second-order valence-corrected chi connectivity index (χ2v) is 9.93. The Morgan fingerprint density at radius 1 is 1.12 bits per heavy atom. The molecule has 0 aromatic heterocycles. The molecule has 1 atom stereocenters. The van der Waals surface area contributed by atoms with E-state index < -0.39 is 28.5 Å². The molecule has 0 fully saturated rings. The highest BCUT2D eigenvalue weighted by Crippen LogP contribution is 2.30. The van der Waals surface area contributed by atoms with E-state index in [1.165, 1.54) is 11.9 Å². The van der Waals surface area contributed by atoms with Crippen molar-refractivity contribution in [2.24, 2.45) is 0 Å². The minimum Gasteiger partial charge on any atom is -0.492 e. The Hall–Kier alpha value is -2.59. The van der Waals surface area contributed by atoms with Crippen molar-refractivity contribution in [1.29, 1.82) is 0 Å². The van der Waals surface area contributed by atoms with Crippen molar-refractivity contribution in [2.45, 2.75) is 26.4 Å². The summed E-state index contributed by atoms with van der Waals surface area (Å²) in [5, 5.41) is 2.54. The highest BCUT2D eigenvalue weighted by molar-refractivity contribution is 9.10. The summed E-state index contributed by atoms with van der Waals surface area (Å²) in [6.45, 7) is 3.41. The number of halogens is 1. The maximum atomic E-state index is 13.4. The number of nitrogens with one attached hydrogen (secondary N) is 1. The van der Waals surface area contributed by atoms with Crippen molar-refractivity contribution in [2.75, 3.05) is 30.8 Å². The first-order chi connectivity index (χ1) is 15.1. The van der Waals surface area contributed by atoms with Crippen molar-refractivity contribution in [1.82, 2.24) is 10.2 Å². The highest BCUT2D eigenvalue weighted by atomic mass is 79.9. The molecule has 0 bridgehead atoms. The van der Waals surface area contributed by atoms with Gasteiger partial charge in [0.05, 0.1) is 18.6 Å². The number of benzene rings is 2. The second-order valence-electron chi connectivity index (χ2n) is 7.11. The fourth-order valence-corrected chi connectivity index (χ4v) is 4.23. The Balaban J connectivity index is 2.41. The average molecular weight is 526 g/mol. The zero-order valence-electron chi connectivity index (χ0n) is 18.5. The third kappa shape index (κ3) is 6.70. The van der Waals surface area contributed by atoms with E-state index in [4.69, 9.17) is 4.74 Å². The molecule has 32 heavy (non-hydrogen) atoms. The lowest BCUT2D eigenvalue weighted by atomic mass is 10.1. The third-order valence-electron chi connectivity index (χ3n) is 4.79. The summed E-state index contributed by atoms with van der Waals surface area (Å²) in [5.74, 6) is -0.510. The summed E-state index contributed by atoms with van der Waals surface area (Å²) in [4.78, 5) is 27.1. The molecule has 2 aromatic rings.